The van der Waals surface area contributed by atoms with Gasteiger partial charge < -0.3 is 21.1 Å². The Morgan fingerprint density at radius 1 is 1.05 bits per heavy atom. The number of nitrogens with two attached hydrogens (primary N) is 1. The van der Waals surface area contributed by atoms with E-state index in [1.807, 2.05) is 0 Å². The normalized spacial score (nSPS) is 17.4. The maximum Gasteiger partial charge on any atom is 0.307 e. The molecule has 12 heteroatoms. The maximum absolute atomic E-state index is 13.1. The third-order valence-electron chi connectivity index (χ3n) is 7.11. The highest BCUT2D eigenvalue weighted by atomic mass is 16.5. The number of unbranched alkanes of at least 4 members (excludes halogenated alkanes) is 5. The van der Waals surface area contributed by atoms with Crippen LogP contribution in [0.3, 0.4) is 0 Å². The van der Waals surface area contributed by atoms with Gasteiger partial charge in [-0.05, 0) is 37.8 Å². The van der Waals surface area contributed by atoms with Gasteiger partial charge in [0.05, 0.1) is 24.7 Å². The molecule has 2 heterocycles. The minimum absolute atomic E-state index is 0.0702. The Labute approximate surface area is 233 Å². The van der Waals surface area contributed by atoms with Crippen molar-refractivity contribution in [3.63, 3.8) is 0 Å². The second-order valence-corrected chi connectivity index (χ2v) is 10.2. The standard InChI is InChI=1S/C28H39N5O7/c1-40-24(36)17-18(29)11-13-22(34)31-16-7-5-3-2-4-6-15-30-20-10-8-9-19-25(20)28(39)33(27(19)38)21-12-14-23(35)32-26(21)37/h8-10,18,21,30H,2-7,11-17,29H2,1H3,(H,31,34)(H,32,35,37)/t18-,21?/m0/s1. The highest BCUT2D eigenvalue weighted by Crippen LogP contribution is 2.32. The lowest BCUT2D eigenvalue weighted by molar-refractivity contribution is -0.141. The van der Waals surface area contributed by atoms with Gasteiger partial charge in [0.25, 0.3) is 11.8 Å². The number of benzene rings is 1. The van der Waals surface area contributed by atoms with Crippen LogP contribution in [0.1, 0.15) is 91.3 Å². The van der Waals surface area contributed by atoms with Gasteiger partial charge in [-0.25, -0.2) is 0 Å². The Kier molecular flexibility index (Phi) is 11.6. The minimum atomic E-state index is -0.984. The number of nitrogens with one attached hydrogen (secondary N) is 3. The van der Waals surface area contributed by atoms with Crippen molar-refractivity contribution in [1.29, 1.82) is 0 Å². The SMILES string of the molecule is COC(=O)C[C@@H](N)CCC(=O)NCCCCCCCCNc1cccc2c1C(=O)N(C1CCC(=O)NC1=O)C2=O. The molecule has 40 heavy (non-hydrogen) atoms. The van der Waals surface area contributed by atoms with Crippen molar-refractivity contribution in [2.45, 2.75) is 82.7 Å². The molecule has 1 fully saturated rings. The molecule has 5 amide bonds. The van der Waals surface area contributed by atoms with Gasteiger partial charge in [0.1, 0.15) is 6.04 Å². The summed E-state index contributed by atoms with van der Waals surface area (Å²) in [6.07, 6.45) is 6.84. The molecule has 1 aromatic carbocycles. The number of amides is 5. The smallest absolute Gasteiger partial charge is 0.307 e. The number of imide groups is 2. The van der Waals surface area contributed by atoms with Gasteiger partial charge in [0.2, 0.25) is 17.7 Å². The van der Waals surface area contributed by atoms with Crippen LogP contribution in [0.2, 0.25) is 0 Å². The van der Waals surface area contributed by atoms with Crippen LogP contribution >= 0.6 is 0 Å². The predicted molar refractivity (Wildman–Crippen MR) is 146 cm³/mol. The fourth-order valence-corrected chi connectivity index (χ4v) is 4.87. The second kappa shape index (κ2) is 15.1. The molecule has 218 valence electrons. The number of fused-ring (bicyclic) bond motifs is 1. The molecule has 0 aliphatic carbocycles. The molecule has 5 N–H and O–H groups in total. The van der Waals surface area contributed by atoms with Crippen molar-refractivity contribution in [3.05, 3.63) is 29.3 Å². The average molecular weight is 558 g/mol. The fourth-order valence-electron chi connectivity index (χ4n) is 4.87. The number of hydrogen-bond acceptors (Lipinski definition) is 9. The molecule has 0 spiro atoms. The number of piperidine rings is 1. The molecular weight excluding hydrogens is 518 g/mol. The molecule has 1 aromatic rings. The third kappa shape index (κ3) is 8.35. The average Bonchev–Trinajstić information content (AvgIpc) is 3.18. The lowest BCUT2D eigenvalue weighted by atomic mass is 10.0. The number of carbonyl (C=O) groups excluding carboxylic acids is 6. The van der Waals surface area contributed by atoms with E-state index >= 15 is 0 Å². The quantitative estimate of drug-likeness (QED) is 0.134. The van der Waals surface area contributed by atoms with E-state index in [1.54, 1.807) is 18.2 Å². The summed E-state index contributed by atoms with van der Waals surface area (Å²) in [6, 6.07) is 3.66. The summed E-state index contributed by atoms with van der Waals surface area (Å²) in [5.74, 6) is -2.51. The zero-order valence-electron chi connectivity index (χ0n) is 23.0. The summed E-state index contributed by atoms with van der Waals surface area (Å²) in [5.41, 5.74) is 6.91. The molecular formula is C28H39N5O7. The van der Waals surface area contributed by atoms with Crippen molar-refractivity contribution in [2.75, 3.05) is 25.5 Å². The molecule has 0 radical (unpaired) electrons. The molecule has 1 saturated heterocycles. The van der Waals surface area contributed by atoms with Crippen molar-refractivity contribution >= 4 is 41.2 Å². The Balaban J connectivity index is 1.29. The summed E-state index contributed by atoms with van der Waals surface area (Å²) in [6.45, 7) is 1.23. The van der Waals surface area contributed by atoms with E-state index in [1.165, 1.54) is 7.11 Å². The van der Waals surface area contributed by atoms with Crippen LogP contribution < -0.4 is 21.7 Å². The number of nitrogens with zero attached hydrogens (tertiary/aromatic N) is 1. The number of methoxy groups -OCH3 is 1. The number of esters is 1. The largest absolute Gasteiger partial charge is 0.469 e. The first-order valence-corrected chi connectivity index (χ1v) is 13.9. The van der Waals surface area contributed by atoms with E-state index in [2.05, 4.69) is 20.7 Å². The van der Waals surface area contributed by atoms with E-state index in [4.69, 9.17) is 5.73 Å². The predicted octanol–water partition coefficient (Wildman–Crippen LogP) is 1.63. The van der Waals surface area contributed by atoms with E-state index < -0.39 is 29.7 Å². The molecule has 2 aliphatic rings. The van der Waals surface area contributed by atoms with Crippen LogP contribution in [0.15, 0.2) is 18.2 Å². The number of hydrogen-bond donors (Lipinski definition) is 4. The fraction of sp³-hybridized carbons (Fsp3) is 0.571. The van der Waals surface area contributed by atoms with E-state index in [0.717, 1.165) is 43.4 Å². The Bertz CT molecular complexity index is 1120. The van der Waals surface area contributed by atoms with Gasteiger partial charge in [-0.15, -0.1) is 0 Å². The number of anilines is 1. The lowest BCUT2D eigenvalue weighted by Gasteiger charge is -2.27. The highest BCUT2D eigenvalue weighted by molar-refractivity contribution is 6.25. The second-order valence-electron chi connectivity index (χ2n) is 10.2. The maximum atomic E-state index is 13.1. The zero-order chi connectivity index (χ0) is 29.1. The van der Waals surface area contributed by atoms with Gasteiger partial charge in [-0.1, -0.05) is 31.7 Å². The van der Waals surface area contributed by atoms with Crippen molar-refractivity contribution in [1.82, 2.24) is 15.5 Å². The lowest BCUT2D eigenvalue weighted by Crippen LogP contribution is -2.54. The minimum Gasteiger partial charge on any atom is -0.469 e. The van der Waals surface area contributed by atoms with Gasteiger partial charge in [-0.2, -0.15) is 0 Å². The Morgan fingerprint density at radius 3 is 2.45 bits per heavy atom. The van der Waals surface area contributed by atoms with Crippen LogP contribution in [0, 0.1) is 0 Å². The first kappa shape index (κ1) is 30.7. The van der Waals surface area contributed by atoms with E-state index in [9.17, 15) is 28.8 Å². The number of ether oxygens (including phenoxy) is 1. The number of rotatable bonds is 16. The molecule has 1 unspecified atom stereocenters. The van der Waals surface area contributed by atoms with E-state index in [-0.39, 0.29) is 54.7 Å². The van der Waals surface area contributed by atoms with Crippen molar-refractivity contribution in [2.24, 2.45) is 5.73 Å². The van der Waals surface area contributed by atoms with Crippen LogP contribution in [0.5, 0.6) is 0 Å². The highest BCUT2D eigenvalue weighted by Gasteiger charge is 2.45. The summed E-state index contributed by atoms with van der Waals surface area (Å²) in [7, 11) is 1.31. The van der Waals surface area contributed by atoms with Gasteiger partial charge in [-0.3, -0.25) is 39.0 Å². The summed E-state index contributed by atoms with van der Waals surface area (Å²) in [4.78, 5) is 73.8. The molecule has 2 atom stereocenters. The monoisotopic (exact) mass is 557 g/mol. The van der Waals surface area contributed by atoms with Crippen LogP contribution in [-0.4, -0.2) is 72.7 Å². The Morgan fingerprint density at radius 2 is 1.75 bits per heavy atom. The first-order chi connectivity index (χ1) is 19.2. The summed E-state index contributed by atoms with van der Waals surface area (Å²) >= 11 is 0. The topological polar surface area (TPSA) is 177 Å². The van der Waals surface area contributed by atoms with Crippen molar-refractivity contribution < 1.29 is 33.5 Å². The van der Waals surface area contributed by atoms with Crippen LogP contribution in [0.25, 0.3) is 0 Å². The molecule has 0 bridgehead atoms. The summed E-state index contributed by atoms with van der Waals surface area (Å²) < 4.78 is 4.57. The third-order valence-corrected chi connectivity index (χ3v) is 7.11. The number of carbonyl (C=O) groups is 6. The van der Waals surface area contributed by atoms with Gasteiger partial charge in [0.15, 0.2) is 0 Å². The Hall–Kier alpha value is -3.80. The van der Waals surface area contributed by atoms with E-state index in [0.29, 0.717) is 25.2 Å². The van der Waals surface area contributed by atoms with Crippen LogP contribution in [0.4, 0.5) is 5.69 Å². The van der Waals surface area contributed by atoms with Crippen molar-refractivity contribution in [3.8, 4) is 0 Å². The molecule has 0 aromatic heterocycles. The van der Waals surface area contributed by atoms with Gasteiger partial charge >= 0.3 is 5.97 Å². The summed E-state index contributed by atoms with van der Waals surface area (Å²) in [5, 5.41) is 8.34. The van der Waals surface area contributed by atoms with Gasteiger partial charge in [0, 0.05) is 37.7 Å². The molecule has 12 nitrogen and oxygen atoms in total. The zero-order valence-corrected chi connectivity index (χ0v) is 23.0. The van der Waals surface area contributed by atoms with Crippen LogP contribution in [-0.2, 0) is 23.9 Å². The first-order valence-electron chi connectivity index (χ1n) is 13.9. The molecule has 0 saturated carbocycles. The molecule has 2 aliphatic heterocycles. The molecule has 3 rings (SSSR count).